The highest BCUT2D eigenvalue weighted by Crippen LogP contribution is 2.22. The summed E-state index contributed by atoms with van der Waals surface area (Å²) in [4.78, 5) is 35.2. The predicted molar refractivity (Wildman–Crippen MR) is 79.5 cm³/mol. The van der Waals surface area contributed by atoms with E-state index in [1.165, 1.54) is 0 Å². The number of nitrogens with one attached hydrogen (secondary N) is 2. The highest BCUT2D eigenvalue weighted by atomic mass is 16.4. The summed E-state index contributed by atoms with van der Waals surface area (Å²) < 4.78 is 0. The SMILES string of the molecule is Cc1ccc(NC(=O)NC(=O)CCC(=O)O)cc1N(C)C. The first-order valence-electron chi connectivity index (χ1n) is 6.40. The van der Waals surface area contributed by atoms with E-state index in [2.05, 4.69) is 10.6 Å². The molecule has 21 heavy (non-hydrogen) atoms. The van der Waals surface area contributed by atoms with Crippen LogP contribution in [0.25, 0.3) is 0 Å². The number of anilines is 2. The summed E-state index contributed by atoms with van der Waals surface area (Å²) in [6, 6.07) is 4.69. The van der Waals surface area contributed by atoms with Crippen LogP contribution in [0.15, 0.2) is 18.2 Å². The van der Waals surface area contributed by atoms with Crippen LogP contribution in [0.2, 0.25) is 0 Å². The Bertz CT molecular complexity index is 555. The Morgan fingerprint density at radius 2 is 1.86 bits per heavy atom. The number of aryl methyl sites for hydroxylation is 1. The number of rotatable bonds is 5. The molecule has 0 spiro atoms. The number of imide groups is 1. The van der Waals surface area contributed by atoms with Gasteiger partial charge in [-0.05, 0) is 24.6 Å². The lowest BCUT2D eigenvalue weighted by Crippen LogP contribution is -2.34. The van der Waals surface area contributed by atoms with Crippen molar-refractivity contribution < 1.29 is 19.5 Å². The van der Waals surface area contributed by atoms with Crippen LogP contribution in [-0.4, -0.2) is 37.1 Å². The molecule has 1 rings (SSSR count). The Labute approximate surface area is 122 Å². The fraction of sp³-hybridized carbons (Fsp3) is 0.357. The molecule has 0 saturated heterocycles. The molecule has 3 N–H and O–H groups in total. The Morgan fingerprint density at radius 3 is 2.43 bits per heavy atom. The monoisotopic (exact) mass is 293 g/mol. The molecule has 0 fully saturated rings. The highest BCUT2D eigenvalue weighted by molar-refractivity contribution is 6.01. The minimum absolute atomic E-state index is 0.237. The van der Waals surface area contributed by atoms with Crippen LogP contribution in [0.4, 0.5) is 16.2 Å². The molecule has 0 saturated carbocycles. The number of nitrogens with zero attached hydrogens (tertiary/aromatic N) is 1. The maximum atomic E-state index is 11.6. The average molecular weight is 293 g/mol. The van der Waals surface area contributed by atoms with Crippen LogP contribution in [0.5, 0.6) is 0 Å². The number of hydrogen-bond donors (Lipinski definition) is 3. The summed E-state index contributed by atoms with van der Waals surface area (Å²) in [5, 5.41) is 13.1. The largest absolute Gasteiger partial charge is 0.481 e. The summed E-state index contributed by atoms with van der Waals surface area (Å²) in [7, 11) is 3.78. The molecule has 0 aromatic heterocycles. The zero-order valence-electron chi connectivity index (χ0n) is 12.3. The molecular formula is C14H19N3O4. The van der Waals surface area contributed by atoms with Crippen molar-refractivity contribution >= 4 is 29.3 Å². The van der Waals surface area contributed by atoms with Crippen molar-refractivity contribution in [2.45, 2.75) is 19.8 Å². The molecule has 0 radical (unpaired) electrons. The molecule has 0 heterocycles. The molecule has 7 nitrogen and oxygen atoms in total. The first-order valence-corrected chi connectivity index (χ1v) is 6.40. The Morgan fingerprint density at radius 1 is 1.19 bits per heavy atom. The number of carbonyl (C=O) groups is 3. The molecule has 7 heteroatoms. The predicted octanol–water partition coefficient (Wildman–Crippen LogP) is 1.57. The average Bonchev–Trinajstić information content (AvgIpc) is 2.38. The van der Waals surface area contributed by atoms with Crippen LogP contribution in [0.1, 0.15) is 18.4 Å². The third-order valence-corrected chi connectivity index (χ3v) is 2.77. The highest BCUT2D eigenvalue weighted by Gasteiger charge is 2.10. The maximum Gasteiger partial charge on any atom is 0.325 e. The molecule has 0 unspecified atom stereocenters. The maximum absolute atomic E-state index is 11.6. The molecule has 0 aliphatic rings. The van der Waals surface area contributed by atoms with E-state index in [0.29, 0.717) is 5.69 Å². The topological polar surface area (TPSA) is 98.7 Å². The van der Waals surface area contributed by atoms with E-state index in [-0.39, 0.29) is 12.8 Å². The summed E-state index contributed by atoms with van der Waals surface area (Å²) in [5.41, 5.74) is 2.56. The molecule has 0 bridgehead atoms. The number of amides is 3. The summed E-state index contributed by atoms with van der Waals surface area (Å²) in [6.07, 6.45) is -0.548. The number of urea groups is 1. The molecule has 3 amide bonds. The van der Waals surface area contributed by atoms with Gasteiger partial charge in [-0.15, -0.1) is 0 Å². The van der Waals surface area contributed by atoms with Gasteiger partial charge < -0.3 is 15.3 Å². The van der Waals surface area contributed by atoms with E-state index in [1.807, 2.05) is 32.0 Å². The lowest BCUT2D eigenvalue weighted by Gasteiger charge is -2.17. The summed E-state index contributed by atoms with van der Waals surface area (Å²) in [5.74, 6) is -1.71. The number of carboxylic acid groups (broad SMARTS) is 1. The van der Waals surface area contributed by atoms with Crippen molar-refractivity contribution in [1.29, 1.82) is 0 Å². The van der Waals surface area contributed by atoms with Crippen molar-refractivity contribution in [3.8, 4) is 0 Å². The van der Waals surface area contributed by atoms with Crippen molar-refractivity contribution in [3.63, 3.8) is 0 Å². The number of carboxylic acids is 1. The number of aliphatic carboxylic acids is 1. The third-order valence-electron chi connectivity index (χ3n) is 2.77. The van der Waals surface area contributed by atoms with Gasteiger partial charge in [-0.2, -0.15) is 0 Å². The number of benzene rings is 1. The molecule has 0 atom stereocenters. The van der Waals surface area contributed by atoms with Gasteiger partial charge in [0.15, 0.2) is 0 Å². The van der Waals surface area contributed by atoms with Crippen LogP contribution in [0, 0.1) is 6.92 Å². The van der Waals surface area contributed by atoms with Crippen molar-refractivity contribution in [3.05, 3.63) is 23.8 Å². The van der Waals surface area contributed by atoms with Crippen LogP contribution in [0.3, 0.4) is 0 Å². The quantitative estimate of drug-likeness (QED) is 0.765. The smallest absolute Gasteiger partial charge is 0.325 e. The molecule has 0 aliphatic heterocycles. The first kappa shape index (κ1) is 16.5. The van der Waals surface area contributed by atoms with Crippen molar-refractivity contribution in [2.24, 2.45) is 0 Å². The second-order valence-corrected chi connectivity index (χ2v) is 4.79. The van der Waals surface area contributed by atoms with Gasteiger partial charge in [-0.1, -0.05) is 6.07 Å². The second kappa shape index (κ2) is 7.28. The zero-order valence-corrected chi connectivity index (χ0v) is 12.3. The van der Waals surface area contributed by atoms with E-state index >= 15 is 0 Å². The Hall–Kier alpha value is -2.57. The lowest BCUT2D eigenvalue weighted by atomic mass is 10.1. The van der Waals surface area contributed by atoms with Gasteiger partial charge in [-0.25, -0.2) is 4.79 Å². The van der Waals surface area contributed by atoms with E-state index in [1.54, 1.807) is 12.1 Å². The normalized spacial score (nSPS) is 9.86. The third kappa shape index (κ3) is 5.52. The fourth-order valence-corrected chi connectivity index (χ4v) is 1.74. The van der Waals surface area contributed by atoms with Gasteiger partial charge in [0.05, 0.1) is 6.42 Å². The number of hydrogen-bond acceptors (Lipinski definition) is 4. The van der Waals surface area contributed by atoms with E-state index in [9.17, 15) is 14.4 Å². The molecule has 114 valence electrons. The van der Waals surface area contributed by atoms with Gasteiger partial charge in [0, 0.05) is 31.9 Å². The molecule has 1 aromatic rings. The van der Waals surface area contributed by atoms with Crippen molar-refractivity contribution in [1.82, 2.24) is 5.32 Å². The fourth-order valence-electron chi connectivity index (χ4n) is 1.74. The Kier molecular flexibility index (Phi) is 5.71. The lowest BCUT2D eigenvalue weighted by molar-refractivity contribution is -0.138. The van der Waals surface area contributed by atoms with Gasteiger partial charge in [0.1, 0.15) is 0 Å². The van der Waals surface area contributed by atoms with E-state index < -0.39 is 17.9 Å². The molecule has 1 aromatic carbocycles. The van der Waals surface area contributed by atoms with E-state index in [0.717, 1.165) is 11.3 Å². The molecule has 0 aliphatic carbocycles. The zero-order chi connectivity index (χ0) is 16.0. The van der Waals surface area contributed by atoms with E-state index in [4.69, 9.17) is 5.11 Å². The standard InChI is InChI=1S/C14H19N3O4/c1-9-4-5-10(8-11(9)17(2)3)15-14(21)16-12(18)6-7-13(19)20/h4-5,8H,6-7H2,1-3H3,(H,19,20)(H2,15,16,18,21). The minimum Gasteiger partial charge on any atom is -0.481 e. The van der Waals surface area contributed by atoms with Gasteiger partial charge >= 0.3 is 12.0 Å². The van der Waals surface area contributed by atoms with Crippen LogP contribution >= 0.6 is 0 Å². The van der Waals surface area contributed by atoms with Gasteiger partial charge in [0.2, 0.25) is 5.91 Å². The van der Waals surface area contributed by atoms with Crippen molar-refractivity contribution in [2.75, 3.05) is 24.3 Å². The summed E-state index contributed by atoms with van der Waals surface area (Å²) in [6.45, 7) is 1.95. The van der Waals surface area contributed by atoms with Crippen LogP contribution in [-0.2, 0) is 9.59 Å². The molecular weight excluding hydrogens is 274 g/mol. The van der Waals surface area contributed by atoms with Gasteiger partial charge in [0.25, 0.3) is 0 Å². The van der Waals surface area contributed by atoms with Crippen LogP contribution < -0.4 is 15.5 Å². The minimum atomic E-state index is -1.08. The number of carbonyl (C=O) groups excluding carboxylic acids is 2. The van der Waals surface area contributed by atoms with Gasteiger partial charge in [-0.3, -0.25) is 14.9 Å². The Balaban J connectivity index is 2.61. The second-order valence-electron chi connectivity index (χ2n) is 4.79. The first-order chi connectivity index (χ1) is 9.79. The summed E-state index contributed by atoms with van der Waals surface area (Å²) >= 11 is 0.